The summed E-state index contributed by atoms with van der Waals surface area (Å²) < 4.78 is 5.52. The smallest absolute Gasteiger partial charge is 0.333 e. The van der Waals surface area contributed by atoms with E-state index >= 15 is 0 Å². The summed E-state index contributed by atoms with van der Waals surface area (Å²) >= 11 is 0. The van der Waals surface area contributed by atoms with Gasteiger partial charge in [0.25, 0.3) is 0 Å². The summed E-state index contributed by atoms with van der Waals surface area (Å²) in [7, 11) is 0. The molecule has 0 bridgehead atoms. The highest BCUT2D eigenvalue weighted by molar-refractivity contribution is 5.87. The van der Waals surface area contributed by atoms with E-state index in [1.807, 2.05) is 0 Å². The molecule has 3 heteroatoms. The van der Waals surface area contributed by atoms with Crippen LogP contribution in [0.4, 0.5) is 0 Å². The zero-order valence-electron chi connectivity index (χ0n) is 17.8. The van der Waals surface area contributed by atoms with Crippen LogP contribution in [0.1, 0.15) is 88.7 Å². The summed E-state index contributed by atoms with van der Waals surface area (Å²) in [5, 5.41) is 9.29. The van der Waals surface area contributed by atoms with Crippen molar-refractivity contribution in [2.45, 2.75) is 90.1 Å². The lowest BCUT2D eigenvalue weighted by atomic mass is 9.76. The highest BCUT2D eigenvalue weighted by atomic mass is 16.5. The monoisotopic (exact) mass is 386 g/mol. The summed E-state index contributed by atoms with van der Waals surface area (Å²) in [4.78, 5) is 11.8. The van der Waals surface area contributed by atoms with Crippen molar-refractivity contribution in [3.8, 4) is 0 Å². The molecule has 1 aromatic carbocycles. The molecule has 1 atom stereocenters. The molecule has 28 heavy (non-hydrogen) atoms. The van der Waals surface area contributed by atoms with E-state index in [4.69, 9.17) is 4.74 Å². The van der Waals surface area contributed by atoms with Crippen molar-refractivity contribution < 1.29 is 14.6 Å². The SMILES string of the molecule is C=C(C)C(=O)OC(CCO)CC1CCC(c2ccc(CCCCC)cc2)CC1. The third-order valence-electron chi connectivity index (χ3n) is 6.04. The Bertz CT molecular complexity index is 597. The maximum absolute atomic E-state index is 11.8. The lowest BCUT2D eigenvalue weighted by Crippen LogP contribution is -2.25. The van der Waals surface area contributed by atoms with Gasteiger partial charge in [0.2, 0.25) is 0 Å². The third kappa shape index (κ3) is 7.43. The van der Waals surface area contributed by atoms with E-state index < -0.39 is 0 Å². The summed E-state index contributed by atoms with van der Waals surface area (Å²) in [6.07, 6.45) is 10.9. The molecule has 156 valence electrons. The first-order chi connectivity index (χ1) is 13.5. The molecule has 1 unspecified atom stereocenters. The fraction of sp³-hybridized carbons (Fsp3) is 0.640. The van der Waals surface area contributed by atoms with Gasteiger partial charge in [0.1, 0.15) is 6.10 Å². The average Bonchev–Trinajstić information content (AvgIpc) is 2.69. The van der Waals surface area contributed by atoms with Gasteiger partial charge in [-0.3, -0.25) is 0 Å². The Labute approximate surface area is 171 Å². The Morgan fingerprint density at radius 3 is 2.43 bits per heavy atom. The minimum absolute atomic E-state index is 0.0497. The van der Waals surface area contributed by atoms with Crippen molar-refractivity contribution >= 4 is 5.97 Å². The minimum Gasteiger partial charge on any atom is -0.459 e. The van der Waals surface area contributed by atoms with E-state index in [0.717, 1.165) is 19.3 Å². The molecule has 0 saturated heterocycles. The van der Waals surface area contributed by atoms with Crippen LogP contribution in [0.25, 0.3) is 0 Å². The Morgan fingerprint density at radius 1 is 1.18 bits per heavy atom. The van der Waals surface area contributed by atoms with E-state index in [1.54, 1.807) is 6.92 Å². The first-order valence-corrected chi connectivity index (χ1v) is 11.1. The minimum atomic E-state index is -0.342. The Kier molecular flexibility index (Phi) is 9.77. The standard InChI is InChI=1S/C25H38O3/c1-4-5-6-7-20-8-12-22(13-9-20)23-14-10-21(11-15-23)18-24(16-17-26)28-25(27)19(2)3/h8-9,12-13,21,23-24,26H,2,4-7,10-11,14-18H2,1,3H3. The van der Waals surface area contributed by atoms with Gasteiger partial charge in [0.05, 0.1) is 0 Å². The van der Waals surface area contributed by atoms with Gasteiger partial charge >= 0.3 is 5.97 Å². The van der Waals surface area contributed by atoms with Crippen molar-refractivity contribution in [3.63, 3.8) is 0 Å². The number of aryl methyl sites for hydroxylation is 1. The van der Waals surface area contributed by atoms with Crippen LogP contribution >= 0.6 is 0 Å². The lowest BCUT2D eigenvalue weighted by Gasteiger charge is -2.31. The predicted octanol–water partition coefficient (Wildman–Crippen LogP) is 5.95. The van der Waals surface area contributed by atoms with E-state index in [0.29, 0.717) is 23.8 Å². The second-order valence-corrected chi connectivity index (χ2v) is 8.47. The summed E-state index contributed by atoms with van der Waals surface area (Å²) in [6, 6.07) is 9.28. The molecule has 3 nitrogen and oxygen atoms in total. The number of esters is 1. The van der Waals surface area contributed by atoms with Crippen LogP contribution in [0.15, 0.2) is 36.4 Å². The molecule has 0 spiro atoms. The zero-order valence-corrected chi connectivity index (χ0v) is 17.8. The summed E-state index contributed by atoms with van der Waals surface area (Å²) in [5.41, 5.74) is 3.35. The molecule has 0 amide bonds. The highest BCUT2D eigenvalue weighted by Crippen LogP contribution is 2.38. The predicted molar refractivity (Wildman–Crippen MR) is 115 cm³/mol. The van der Waals surface area contributed by atoms with E-state index in [2.05, 4.69) is 37.8 Å². The van der Waals surface area contributed by atoms with Crippen molar-refractivity contribution in [2.75, 3.05) is 6.61 Å². The number of rotatable bonds is 11. The van der Waals surface area contributed by atoms with Crippen LogP contribution in [0.3, 0.4) is 0 Å². The van der Waals surface area contributed by atoms with Gasteiger partial charge < -0.3 is 9.84 Å². The van der Waals surface area contributed by atoms with Crippen molar-refractivity contribution in [1.82, 2.24) is 0 Å². The van der Waals surface area contributed by atoms with Gasteiger partial charge in [-0.15, -0.1) is 0 Å². The molecular weight excluding hydrogens is 348 g/mol. The first-order valence-electron chi connectivity index (χ1n) is 11.1. The van der Waals surface area contributed by atoms with Gasteiger partial charge in [-0.25, -0.2) is 4.79 Å². The largest absolute Gasteiger partial charge is 0.459 e. The van der Waals surface area contributed by atoms with Crippen LogP contribution < -0.4 is 0 Å². The van der Waals surface area contributed by atoms with Crippen LogP contribution in [0, 0.1) is 5.92 Å². The molecule has 1 aromatic rings. The number of unbranched alkanes of at least 4 members (excludes halogenated alkanes) is 2. The van der Waals surface area contributed by atoms with Crippen molar-refractivity contribution in [3.05, 3.63) is 47.5 Å². The molecule has 1 saturated carbocycles. The first kappa shape index (κ1) is 22.7. The maximum atomic E-state index is 11.8. The summed E-state index contributed by atoms with van der Waals surface area (Å²) in [5.74, 6) is 0.875. The molecule has 0 heterocycles. The second kappa shape index (κ2) is 12.1. The Balaban J connectivity index is 1.80. The molecule has 1 N–H and O–H groups in total. The molecule has 1 fully saturated rings. The number of carbonyl (C=O) groups excluding carboxylic acids is 1. The second-order valence-electron chi connectivity index (χ2n) is 8.47. The molecule has 1 aliphatic rings. The zero-order chi connectivity index (χ0) is 20.4. The van der Waals surface area contributed by atoms with Crippen molar-refractivity contribution in [1.29, 1.82) is 0 Å². The summed E-state index contributed by atoms with van der Waals surface area (Å²) in [6.45, 7) is 7.61. The number of aliphatic hydroxyl groups excluding tert-OH is 1. The number of hydrogen-bond donors (Lipinski definition) is 1. The van der Waals surface area contributed by atoms with E-state index in [-0.39, 0.29) is 18.7 Å². The highest BCUT2D eigenvalue weighted by Gasteiger charge is 2.26. The topological polar surface area (TPSA) is 46.5 Å². The fourth-order valence-electron chi connectivity index (χ4n) is 4.26. The van der Waals surface area contributed by atoms with Crippen LogP contribution in [-0.4, -0.2) is 23.8 Å². The molecule has 0 aromatic heterocycles. The van der Waals surface area contributed by atoms with Gasteiger partial charge in [0.15, 0.2) is 0 Å². The Hall–Kier alpha value is -1.61. The van der Waals surface area contributed by atoms with E-state index in [1.165, 1.54) is 49.7 Å². The van der Waals surface area contributed by atoms with Crippen molar-refractivity contribution in [2.24, 2.45) is 5.92 Å². The molecule has 1 aliphatic carbocycles. The number of ether oxygens (including phenoxy) is 1. The number of aliphatic hydroxyl groups is 1. The average molecular weight is 387 g/mol. The van der Waals surface area contributed by atoms with Crippen LogP contribution in [-0.2, 0) is 16.0 Å². The van der Waals surface area contributed by atoms with E-state index in [9.17, 15) is 9.90 Å². The van der Waals surface area contributed by atoms with Gasteiger partial charge in [-0.2, -0.15) is 0 Å². The normalized spacial score (nSPS) is 20.5. The third-order valence-corrected chi connectivity index (χ3v) is 6.04. The number of benzene rings is 1. The molecule has 2 rings (SSSR count). The lowest BCUT2D eigenvalue weighted by molar-refractivity contribution is -0.145. The fourth-order valence-corrected chi connectivity index (χ4v) is 4.26. The maximum Gasteiger partial charge on any atom is 0.333 e. The quantitative estimate of drug-likeness (QED) is 0.290. The van der Waals surface area contributed by atoms with Gasteiger partial charge in [-0.05, 0) is 74.8 Å². The number of hydrogen-bond acceptors (Lipinski definition) is 3. The van der Waals surface area contributed by atoms with Gasteiger partial charge in [0, 0.05) is 18.6 Å². The molecule has 0 radical (unpaired) electrons. The van der Waals surface area contributed by atoms with Crippen LogP contribution in [0.5, 0.6) is 0 Å². The molecular formula is C25H38O3. The van der Waals surface area contributed by atoms with Gasteiger partial charge in [-0.1, -0.05) is 50.6 Å². The number of carbonyl (C=O) groups is 1. The Morgan fingerprint density at radius 2 is 1.86 bits per heavy atom. The molecule has 0 aliphatic heterocycles. The van der Waals surface area contributed by atoms with Crippen LogP contribution in [0.2, 0.25) is 0 Å².